The predicted octanol–water partition coefficient (Wildman–Crippen LogP) is 3.20. The Morgan fingerprint density at radius 3 is 2.88 bits per heavy atom. The summed E-state index contributed by atoms with van der Waals surface area (Å²) in [6, 6.07) is 7.46. The molecule has 0 aliphatic heterocycles. The van der Waals surface area contributed by atoms with Gasteiger partial charge in [0.1, 0.15) is 5.75 Å². The number of nitrogens with one attached hydrogen (secondary N) is 1. The van der Waals surface area contributed by atoms with E-state index < -0.39 is 0 Å². The molecule has 0 bridgehead atoms. The highest BCUT2D eigenvalue weighted by Gasteiger charge is 2.05. The fourth-order valence-corrected chi connectivity index (χ4v) is 1.35. The number of hydrogen-bond donors (Lipinski definition) is 1. The normalized spacial score (nSPS) is 9.88. The monoisotopic (exact) mass is 285 g/mol. The van der Waals surface area contributed by atoms with Crippen molar-refractivity contribution in [3.8, 4) is 5.75 Å². The van der Waals surface area contributed by atoms with Gasteiger partial charge in [0.25, 0.3) is 0 Å². The van der Waals surface area contributed by atoms with Gasteiger partial charge in [-0.1, -0.05) is 41.4 Å². The molecule has 1 aromatic rings. The summed E-state index contributed by atoms with van der Waals surface area (Å²) in [4.78, 5) is 11.2. The summed E-state index contributed by atoms with van der Waals surface area (Å²) in [5.74, 6) is 0.650. The number of carbonyl (C=O) groups is 1. The van der Waals surface area contributed by atoms with Crippen molar-refractivity contribution in [2.45, 2.75) is 19.8 Å². The number of alkyl halides is 1. The van der Waals surface area contributed by atoms with Crippen LogP contribution in [-0.2, 0) is 4.79 Å². The number of benzene rings is 1. The zero-order valence-electron chi connectivity index (χ0n) is 9.33. The van der Waals surface area contributed by atoms with Gasteiger partial charge < -0.3 is 10.1 Å². The summed E-state index contributed by atoms with van der Waals surface area (Å²) in [6.45, 7) is 2.79. The number of carbonyl (C=O) groups excluding carboxylic acids is 1. The molecule has 0 spiro atoms. The highest BCUT2D eigenvalue weighted by Crippen LogP contribution is 2.23. The van der Waals surface area contributed by atoms with Gasteiger partial charge in [0, 0.05) is 0 Å². The number of anilines is 1. The van der Waals surface area contributed by atoms with Crippen molar-refractivity contribution in [3.05, 3.63) is 24.3 Å². The molecule has 1 rings (SSSR count). The first kappa shape index (κ1) is 13.0. The lowest BCUT2D eigenvalue weighted by Crippen LogP contribution is -2.13. The van der Waals surface area contributed by atoms with Crippen LogP contribution in [0.25, 0.3) is 0 Å². The molecule has 0 fully saturated rings. The molecule has 0 heterocycles. The summed E-state index contributed by atoms with van der Waals surface area (Å²) < 4.78 is 5.59. The Kier molecular flexibility index (Phi) is 5.93. The molecule has 0 atom stereocenters. The van der Waals surface area contributed by atoms with Gasteiger partial charge >= 0.3 is 0 Å². The van der Waals surface area contributed by atoms with E-state index in [1.54, 1.807) is 0 Å². The molecule has 0 aliphatic carbocycles. The Morgan fingerprint density at radius 1 is 1.44 bits per heavy atom. The minimum Gasteiger partial charge on any atom is -0.491 e. The van der Waals surface area contributed by atoms with Crippen molar-refractivity contribution >= 4 is 27.5 Å². The minimum atomic E-state index is -0.0773. The molecular formula is C12H16BrNO2. The molecular weight excluding hydrogens is 270 g/mol. The molecule has 1 aromatic carbocycles. The number of rotatable bonds is 6. The van der Waals surface area contributed by atoms with Gasteiger partial charge in [-0.2, -0.15) is 0 Å². The third-order valence-electron chi connectivity index (χ3n) is 2.04. The number of hydrogen-bond acceptors (Lipinski definition) is 2. The van der Waals surface area contributed by atoms with Crippen molar-refractivity contribution in [2.24, 2.45) is 0 Å². The maximum absolute atomic E-state index is 11.2. The third kappa shape index (κ3) is 4.23. The SMILES string of the molecule is CCCCOc1ccccc1NC(=O)CBr. The van der Waals surface area contributed by atoms with Crippen molar-refractivity contribution in [2.75, 3.05) is 17.3 Å². The first-order valence-corrected chi connectivity index (χ1v) is 6.47. The second kappa shape index (κ2) is 7.28. The van der Waals surface area contributed by atoms with Crippen molar-refractivity contribution < 1.29 is 9.53 Å². The highest BCUT2D eigenvalue weighted by atomic mass is 79.9. The van der Waals surface area contributed by atoms with E-state index in [0.717, 1.165) is 24.3 Å². The van der Waals surface area contributed by atoms with Crippen LogP contribution in [0.4, 0.5) is 5.69 Å². The maximum atomic E-state index is 11.2. The van der Waals surface area contributed by atoms with E-state index in [-0.39, 0.29) is 11.2 Å². The van der Waals surface area contributed by atoms with Crippen LogP contribution >= 0.6 is 15.9 Å². The highest BCUT2D eigenvalue weighted by molar-refractivity contribution is 9.09. The van der Waals surface area contributed by atoms with E-state index >= 15 is 0 Å². The van der Waals surface area contributed by atoms with E-state index in [1.807, 2.05) is 24.3 Å². The van der Waals surface area contributed by atoms with Gasteiger partial charge in [-0.15, -0.1) is 0 Å². The maximum Gasteiger partial charge on any atom is 0.235 e. The molecule has 0 unspecified atom stereocenters. The molecule has 0 saturated carbocycles. The van der Waals surface area contributed by atoms with Crippen molar-refractivity contribution in [1.82, 2.24) is 0 Å². The molecule has 0 radical (unpaired) electrons. The van der Waals surface area contributed by atoms with Crippen molar-refractivity contribution in [1.29, 1.82) is 0 Å². The van der Waals surface area contributed by atoms with Gasteiger partial charge in [-0.3, -0.25) is 4.79 Å². The average Bonchev–Trinajstić information content (AvgIpc) is 2.31. The Balaban J connectivity index is 2.63. The van der Waals surface area contributed by atoms with Crippen LogP contribution in [0.3, 0.4) is 0 Å². The third-order valence-corrected chi connectivity index (χ3v) is 2.55. The number of halogens is 1. The van der Waals surface area contributed by atoms with Gasteiger partial charge in [-0.05, 0) is 18.6 Å². The average molecular weight is 286 g/mol. The Labute approximate surface area is 104 Å². The molecule has 3 nitrogen and oxygen atoms in total. The second-order valence-corrected chi connectivity index (χ2v) is 3.94. The van der Waals surface area contributed by atoms with Crippen LogP contribution in [0.15, 0.2) is 24.3 Å². The zero-order valence-corrected chi connectivity index (χ0v) is 10.9. The number of para-hydroxylation sites is 2. The topological polar surface area (TPSA) is 38.3 Å². The predicted molar refractivity (Wildman–Crippen MR) is 69.3 cm³/mol. The molecule has 0 aromatic heterocycles. The lowest BCUT2D eigenvalue weighted by molar-refractivity contribution is -0.113. The van der Waals surface area contributed by atoms with E-state index in [0.29, 0.717) is 6.61 Å². The minimum absolute atomic E-state index is 0.0773. The van der Waals surface area contributed by atoms with E-state index in [4.69, 9.17) is 4.74 Å². The molecule has 0 aliphatic rings. The summed E-state index contributed by atoms with van der Waals surface area (Å²) in [7, 11) is 0. The van der Waals surface area contributed by atoms with Crippen LogP contribution in [0.2, 0.25) is 0 Å². The van der Waals surface area contributed by atoms with Gasteiger partial charge in [0.15, 0.2) is 0 Å². The summed E-state index contributed by atoms with van der Waals surface area (Å²) in [5, 5.41) is 3.06. The lowest BCUT2D eigenvalue weighted by atomic mass is 10.3. The fourth-order valence-electron chi connectivity index (χ4n) is 1.21. The van der Waals surface area contributed by atoms with Crippen molar-refractivity contribution in [3.63, 3.8) is 0 Å². The second-order valence-electron chi connectivity index (χ2n) is 3.38. The first-order valence-electron chi connectivity index (χ1n) is 5.35. The number of amides is 1. The number of unbranched alkanes of at least 4 members (excludes halogenated alkanes) is 1. The molecule has 16 heavy (non-hydrogen) atoms. The first-order chi connectivity index (χ1) is 7.77. The molecule has 0 saturated heterocycles. The smallest absolute Gasteiger partial charge is 0.235 e. The van der Waals surface area contributed by atoms with Crippen LogP contribution in [0.5, 0.6) is 5.75 Å². The van der Waals surface area contributed by atoms with Crippen LogP contribution in [-0.4, -0.2) is 17.8 Å². The van der Waals surface area contributed by atoms with Gasteiger partial charge in [0.05, 0.1) is 17.6 Å². The fraction of sp³-hybridized carbons (Fsp3) is 0.417. The Bertz CT molecular complexity index is 342. The van der Waals surface area contributed by atoms with E-state index in [1.165, 1.54) is 0 Å². The van der Waals surface area contributed by atoms with Crippen LogP contribution in [0.1, 0.15) is 19.8 Å². The Hall–Kier alpha value is -1.03. The number of ether oxygens (including phenoxy) is 1. The Morgan fingerprint density at radius 2 is 2.19 bits per heavy atom. The molecule has 1 amide bonds. The largest absolute Gasteiger partial charge is 0.491 e. The van der Waals surface area contributed by atoms with Gasteiger partial charge in [-0.25, -0.2) is 0 Å². The standard InChI is InChI=1S/C12H16BrNO2/c1-2-3-8-16-11-7-5-4-6-10(11)14-12(15)9-13/h4-7H,2-3,8-9H2,1H3,(H,14,15). The van der Waals surface area contributed by atoms with Crippen LogP contribution in [0, 0.1) is 0 Å². The van der Waals surface area contributed by atoms with Crippen LogP contribution < -0.4 is 10.1 Å². The summed E-state index contributed by atoms with van der Waals surface area (Å²) >= 11 is 3.11. The summed E-state index contributed by atoms with van der Waals surface area (Å²) in [6.07, 6.45) is 2.11. The molecule has 88 valence electrons. The molecule has 4 heteroatoms. The lowest BCUT2D eigenvalue weighted by Gasteiger charge is -2.11. The van der Waals surface area contributed by atoms with E-state index in [2.05, 4.69) is 28.2 Å². The quantitative estimate of drug-likeness (QED) is 0.644. The zero-order chi connectivity index (χ0) is 11.8. The van der Waals surface area contributed by atoms with E-state index in [9.17, 15) is 4.79 Å². The molecule has 1 N–H and O–H groups in total. The summed E-state index contributed by atoms with van der Waals surface area (Å²) in [5.41, 5.74) is 0.725. The van der Waals surface area contributed by atoms with Gasteiger partial charge in [0.2, 0.25) is 5.91 Å².